The Morgan fingerprint density at radius 2 is 2.04 bits per heavy atom. The lowest BCUT2D eigenvalue weighted by Crippen LogP contribution is -2.24. The molecule has 0 spiro atoms. The van der Waals surface area contributed by atoms with Crippen molar-refractivity contribution in [2.24, 2.45) is 0 Å². The van der Waals surface area contributed by atoms with Gasteiger partial charge in [0.05, 0.1) is 23.0 Å². The molecule has 4 rings (SSSR count). The van der Waals surface area contributed by atoms with Gasteiger partial charge < -0.3 is 14.7 Å². The fraction of sp³-hybridized carbons (Fsp3) is 0.105. The van der Waals surface area contributed by atoms with Gasteiger partial charge in [-0.15, -0.1) is 0 Å². The third-order valence-electron chi connectivity index (χ3n) is 3.96. The van der Waals surface area contributed by atoms with Crippen molar-refractivity contribution < 1.29 is 9.21 Å². The second-order valence-electron chi connectivity index (χ2n) is 5.86. The van der Waals surface area contributed by atoms with E-state index in [2.05, 4.69) is 15.3 Å². The first-order chi connectivity index (χ1) is 12.1. The normalized spacial score (nSPS) is 11.1. The summed E-state index contributed by atoms with van der Waals surface area (Å²) in [5.41, 5.74) is 2.85. The molecule has 0 bridgehead atoms. The number of hydrogen-bond acceptors (Lipinski definition) is 4. The SMILES string of the molecule is Cc1ccc2oc(C(=O)NCc3nc4ccccc4[nH]3)cc(=O)c2c1. The van der Waals surface area contributed by atoms with E-state index in [1.165, 1.54) is 6.07 Å². The van der Waals surface area contributed by atoms with Crippen LogP contribution in [0.2, 0.25) is 0 Å². The molecule has 0 aliphatic rings. The van der Waals surface area contributed by atoms with Gasteiger partial charge in [-0.25, -0.2) is 4.98 Å². The number of rotatable bonds is 3. The Morgan fingerprint density at radius 1 is 1.20 bits per heavy atom. The van der Waals surface area contributed by atoms with Gasteiger partial charge in [0.1, 0.15) is 11.4 Å². The minimum Gasteiger partial charge on any atom is -0.451 e. The van der Waals surface area contributed by atoms with E-state index in [0.29, 0.717) is 16.8 Å². The van der Waals surface area contributed by atoms with E-state index < -0.39 is 5.91 Å². The molecule has 0 saturated carbocycles. The summed E-state index contributed by atoms with van der Waals surface area (Å²) in [7, 11) is 0. The number of aromatic nitrogens is 2. The molecule has 6 nitrogen and oxygen atoms in total. The summed E-state index contributed by atoms with van der Waals surface area (Å²) in [6.07, 6.45) is 0. The van der Waals surface area contributed by atoms with Crippen LogP contribution >= 0.6 is 0 Å². The van der Waals surface area contributed by atoms with E-state index in [4.69, 9.17) is 4.42 Å². The van der Waals surface area contributed by atoms with E-state index in [0.717, 1.165) is 16.6 Å². The molecule has 0 saturated heterocycles. The zero-order valence-corrected chi connectivity index (χ0v) is 13.5. The van der Waals surface area contributed by atoms with Crippen LogP contribution < -0.4 is 10.7 Å². The molecule has 124 valence electrons. The van der Waals surface area contributed by atoms with Gasteiger partial charge in [0.15, 0.2) is 11.2 Å². The summed E-state index contributed by atoms with van der Waals surface area (Å²) in [5, 5.41) is 3.18. The van der Waals surface area contributed by atoms with Crippen molar-refractivity contribution in [3.8, 4) is 0 Å². The molecular weight excluding hydrogens is 318 g/mol. The molecule has 4 aromatic rings. The number of fused-ring (bicyclic) bond motifs is 2. The quantitative estimate of drug-likeness (QED) is 0.603. The number of para-hydroxylation sites is 2. The first-order valence-corrected chi connectivity index (χ1v) is 7.86. The predicted octanol–water partition coefficient (Wildman–Crippen LogP) is 2.91. The smallest absolute Gasteiger partial charge is 0.287 e. The molecule has 25 heavy (non-hydrogen) atoms. The topological polar surface area (TPSA) is 88.0 Å². The van der Waals surface area contributed by atoms with Gasteiger partial charge in [-0.05, 0) is 31.2 Å². The Kier molecular flexibility index (Phi) is 3.57. The Bertz CT molecular complexity index is 1120. The lowest BCUT2D eigenvalue weighted by atomic mass is 10.1. The Hall–Kier alpha value is -3.41. The summed E-state index contributed by atoms with van der Waals surface area (Å²) in [6.45, 7) is 2.11. The van der Waals surface area contributed by atoms with Gasteiger partial charge in [0.25, 0.3) is 5.91 Å². The summed E-state index contributed by atoms with van der Waals surface area (Å²) in [5.74, 6) is 0.158. The summed E-state index contributed by atoms with van der Waals surface area (Å²) in [4.78, 5) is 32.0. The zero-order chi connectivity index (χ0) is 17.4. The Morgan fingerprint density at radius 3 is 2.88 bits per heavy atom. The third kappa shape index (κ3) is 2.89. The Balaban J connectivity index is 1.57. The van der Waals surface area contributed by atoms with E-state index in [1.807, 2.05) is 37.3 Å². The molecule has 2 aromatic carbocycles. The van der Waals surface area contributed by atoms with Gasteiger partial charge in [-0.3, -0.25) is 9.59 Å². The van der Waals surface area contributed by atoms with Gasteiger partial charge >= 0.3 is 0 Å². The van der Waals surface area contributed by atoms with Crippen molar-refractivity contribution >= 4 is 27.9 Å². The Labute approximate surface area is 142 Å². The van der Waals surface area contributed by atoms with Gasteiger partial charge in [-0.2, -0.15) is 0 Å². The minimum atomic E-state index is -0.458. The molecule has 0 atom stereocenters. The summed E-state index contributed by atoms with van der Waals surface area (Å²) >= 11 is 0. The molecule has 0 fully saturated rings. The molecule has 2 N–H and O–H groups in total. The number of aromatic amines is 1. The number of carbonyl (C=O) groups excluding carboxylic acids is 1. The first-order valence-electron chi connectivity index (χ1n) is 7.86. The molecule has 1 amide bonds. The molecular formula is C19H15N3O3. The van der Waals surface area contributed by atoms with Crippen LogP contribution in [0.5, 0.6) is 0 Å². The van der Waals surface area contributed by atoms with Crippen molar-refractivity contribution in [1.29, 1.82) is 0 Å². The van der Waals surface area contributed by atoms with Crippen molar-refractivity contribution in [2.75, 3.05) is 0 Å². The van der Waals surface area contributed by atoms with Crippen LogP contribution in [0.25, 0.3) is 22.0 Å². The molecule has 0 aliphatic carbocycles. The molecule has 0 unspecified atom stereocenters. The fourth-order valence-electron chi connectivity index (χ4n) is 2.72. The van der Waals surface area contributed by atoms with Gasteiger partial charge in [-0.1, -0.05) is 23.8 Å². The molecule has 2 aromatic heterocycles. The lowest BCUT2D eigenvalue weighted by Gasteiger charge is -2.04. The van der Waals surface area contributed by atoms with Crippen molar-refractivity contribution in [3.05, 3.63) is 75.9 Å². The molecule has 2 heterocycles. The number of benzene rings is 2. The number of hydrogen-bond donors (Lipinski definition) is 2. The average molecular weight is 333 g/mol. The highest BCUT2D eigenvalue weighted by molar-refractivity contribution is 5.93. The second-order valence-corrected chi connectivity index (χ2v) is 5.86. The van der Waals surface area contributed by atoms with Gasteiger partial charge in [0, 0.05) is 6.07 Å². The zero-order valence-electron chi connectivity index (χ0n) is 13.5. The molecule has 0 aliphatic heterocycles. The van der Waals surface area contributed by atoms with E-state index in [-0.39, 0.29) is 17.7 Å². The fourth-order valence-corrected chi connectivity index (χ4v) is 2.72. The van der Waals surface area contributed by atoms with Crippen LogP contribution in [0.4, 0.5) is 0 Å². The second kappa shape index (κ2) is 5.90. The maximum atomic E-state index is 12.3. The predicted molar refractivity (Wildman–Crippen MR) is 94.5 cm³/mol. The number of aryl methyl sites for hydroxylation is 1. The average Bonchev–Trinajstić information content (AvgIpc) is 3.03. The first kappa shape index (κ1) is 15.1. The molecule has 0 radical (unpaired) electrons. The standard InChI is InChI=1S/C19H15N3O3/c1-11-6-7-16-12(8-11)15(23)9-17(25-16)19(24)20-10-18-21-13-4-2-3-5-14(13)22-18/h2-9H,10H2,1H3,(H,20,24)(H,21,22). The largest absolute Gasteiger partial charge is 0.451 e. The maximum Gasteiger partial charge on any atom is 0.287 e. The number of amides is 1. The number of nitrogens with zero attached hydrogens (tertiary/aromatic N) is 1. The minimum absolute atomic E-state index is 0.0162. The number of H-pyrrole nitrogens is 1. The van der Waals surface area contributed by atoms with Crippen LogP contribution in [0.15, 0.2) is 57.7 Å². The molecule has 6 heteroatoms. The van der Waals surface area contributed by atoms with Crippen LogP contribution in [0.1, 0.15) is 21.9 Å². The van der Waals surface area contributed by atoms with Crippen LogP contribution in [0.3, 0.4) is 0 Å². The van der Waals surface area contributed by atoms with Crippen LogP contribution in [-0.2, 0) is 6.54 Å². The van der Waals surface area contributed by atoms with Crippen LogP contribution in [0, 0.1) is 6.92 Å². The third-order valence-corrected chi connectivity index (χ3v) is 3.96. The van der Waals surface area contributed by atoms with E-state index >= 15 is 0 Å². The number of nitrogens with one attached hydrogen (secondary N) is 2. The highest BCUT2D eigenvalue weighted by atomic mass is 16.3. The van der Waals surface area contributed by atoms with Gasteiger partial charge in [0.2, 0.25) is 0 Å². The number of carbonyl (C=O) groups is 1. The maximum absolute atomic E-state index is 12.3. The van der Waals surface area contributed by atoms with Crippen LogP contribution in [-0.4, -0.2) is 15.9 Å². The number of imidazole rings is 1. The lowest BCUT2D eigenvalue weighted by molar-refractivity contribution is 0.0923. The highest BCUT2D eigenvalue weighted by Gasteiger charge is 2.13. The van der Waals surface area contributed by atoms with Crippen molar-refractivity contribution in [3.63, 3.8) is 0 Å². The van der Waals surface area contributed by atoms with Crippen molar-refractivity contribution in [1.82, 2.24) is 15.3 Å². The monoisotopic (exact) mass is 333 g/mol. The highest BCUT2D eigenvalue weighted by Crippen LogP contribution is 2.14. The van der Waals surface area contributed by atoms with E-state index in [1.54, 1.807) is 12.1 Å². The summed E-state index contributed by atoms with van der Waals surface area (Å²) < 4.78 is 5.56. The van der Waals surface area contributed by atoms with E-state index in [9.17, 15) is 9.59 Å². The summed E-state index contributed by atoms with van der Waals surface area (Å²) in [6, 6.07) is 14.1. The van der Waals surface area contributed by atoms with Crippen molar-refractivity contribution in [2.45, 2.75) is 13.5 Å².